The van der Waals surface area contributed by atoms with E-state index in [4.69, 9.17) is 22.7 Å². The Morgan fingerprint density at radius 1 is 1.47 bits per heavy atom. The van der Waals surface area contributed by atoms with Crippen LogP contribution in [0.25, 0.3) is 0 Å². The van der Waals surface area contributed by atoms with E-state index in [1.54, 1.807) is 24.3 Å². The molecular formula is C13H17N3O2S. The first kappa shape index (κ1) is 13.6. The zero-order valence-corrected chi connectivity index (χ0v) is 11.3. The van der Waals surface area contributed by atoms with Gasteiger partial charge < -0.3 is 21.1 Å². The highest BCUT2D eigenvalue weighted by Crippen LogP contribution is 2.19. The number of urea groups is 1. The van der Waals surface area contributed by atoms with E-state index < -0.39 is 0 Å². The van der Waals surface area contributed by atoms with E-state index in [2.05, 4.69) is 10.6 Å². The fourth-order valence-corrected chi connectivity index (χ4v) is 1.78. The van der Waals surface area contributed by atoms with Gasteiger partial charge in [-0.15, -0.1) is 0 Å². The second kappa shape index (κ2) is 6.38. The standard InChI is InChI=1S/C13H17N3O2S/c14-12(19)8-18-11-6-2-5-10(7-11)16-13(17)15-9-3-1-4-9/h2,5-7,9H,1,3-4,8H2,(H2,14,19)(H2,15,16,17). The average molecular weight is 279 g/mol. The summed E-state index contributed by atoms with van der Waals surface area (Å²) >= 11 is 4.74. The van der Waals surface area contributed by atoms with E-state index in [9.17, 15) is 4.79 Å². The summed E-state index contributed by atoms with van der Waals surface area (Å²) in [6, 6.07) is 7.25. The van der Waals surface area contributed by atoms with E-state index in [1.807, 2.05) is 0 Å². The molecule has 1 saturated carbocycles. The van der Waals surface area contributed by atoms with Crippen molar-refractivity contribution in [1.29, 1.82) is 0 Å². The molecule has 0 atom stereocenters. The Morgan fingerprint density at radius 2 is 2.26 bits per heavy atom. The molecule has 0 aliphatic heterocycles. The van der Waals surface area contributed by atoms with Crippen molar-refractivity contribution in [3.63, 3.8) is 0 Å². The van der Waals surface area contributed by atoms with Crippen LogP contribution in [0.2, 0.25) is 0 Å². The minimum Gasteiger partial charge on any atom is -0.486 e. The molecule has 4 N–H and O–H groups in total. The van der Waals surface area contributed by atoms with Crippen LogP contribution in [0.4, 0.5) is 10.5 Å². The third kappa shape index (κ3) is 4.40. The lowest BCUT2D eigenvalue weighted by Gasteiger charge is -2.26. The molecule has 6 heteroatoms. The molecule has 2 rings (SSSR count). The Balaban J connectivity index is 1.86. The molecule has 0 bridgehead atoms. The molecule has 1 fully saturated rings. The number of hydrogen-bond donors (Lipinski definition) is 3. The first-order valence-corrected chi connectivity index (χ1v) is 6.63. The van der Waals surface area contributed by atoms with Gasteiger partial charge in [-0.3, -0.25) is 0 Å². The van der Waals surface area contributed by atoms with Crippen LogP contribution in [-0.2, 0) is 0 Å². The first-order chi connectivity index (χ1) is 9.13. The van der Waals surface area contributed by atoms with Crippen LogP contribution in [0.15, 0.2) is 24.3 Å². The van der Waals surface area contributed by atoms with Gasteiger partial charge in [0.2, 0.25) is 0 Å². The van der Waals surface area contributed by atoms with Gasteiger partial charge in [-0.2, -0.15) is 0 Å². The number of hydrogen-bond acceptors (Lipinski definition) is 3. The van der Waals surface area contributed by atoms with Crippen molar-refractivity contribution in [3.8, 4) is 5.75 Å². The predicted octanol–water partition coefficient (Wildman–Crippen LogP) is 2.03. The second-order valence-electron chi connectivity index (χ2n) is 4.51. The molecule has 102 valence electrons. The Hall–Kier alpha value is -1.82. The maximum absolute atomic E-state index is 11.7. The lowest BCUT2D eigenvalue weighted by molar-refractivity contribution is 0.240. The summed E-state index contributed by atoms with van der Waals surface area (Å²) in [5.41, 5.74) is 6.04. The Labute approximate surface area is 117 Å². The molecule has 1 aromatic carbocycles. The van der Waals surface area contributed by atoms with E-state index in [0.717, 1.165) is 12.8 Å². The van der Waals surface area contributed by atoms with Crippen molar-refractivity contribution in [1.82, 2.24) is 5.32 Å². The number of thiocarbonyl (C=S) groups is 1. The summed E-state index contributed by atoms with van der Waals surface area (Å²) in [7, 11) is 0. The fraction of sp³-hybridized carbons (Fsp3) is 0.385. The van der Waals surface area contributed by atoms with Crippen LogP contribution in [0.3, 0.4) is 0 Å². The lowest BCUT2D eigenvalue weighted by atomic mass is 9.93. The predicted molar refractivity (Wildman–Crippen MR) is 78.5 cm³/mol. The van der Waals surface area contributed by atoms with Crippen LogP contribution in [0, 0.1) is 0 Å². The zero-order chi connectivity index (χ0) is 13.7. The molecule has 2 amide bonds. The molecule has 0 spiro atoms. The molecule has 0 aromatic heterocycles. The summed E-state index contributed by atoms with van der Waals surface area (Å²) in [5.74, 6) is 0.620. The van der Waals surface area contributed by atoms with Gasteiger partial charge in [-0.25, -0.2) is 4.79 Å². The monoisotopic (exact) mass is 279 g/mol. The quantitative estimate of drug-likeness (QED) is 0.721. The third-order valence-electron chi connectivity index (χ3n) is 2.91. The number of carbonyl (C=O) groups is 1. The van der Waals surface area contributed by atoms with E-state index in [1.165, 1.54) is 6.42 Å². The Morgan fingerprint density at radius 3 is 2.89 bits per heavy atom. The SMILES string of the molecule is NC(=S)COc1cccc(NC(=O)NC2CCC2)c1. The first-order valence-electron chi connectivity index (χ1n) is 6.22. The van der Waals surface area contributed by atoms with E-state index in [-0.39, 0.29) is 12.6 Å². The van der Waals surface area contributed by atoms with Crippen LogP contribution < -0.4 is 21.1 Å². The van der Waals surface area contributed by atoms with Crippen LogP contribution in [-0.4, -0.2) is 23.7 Å². The van der Waals surface area contributed by atoms with Crippen LogP contribution in [0.5, 0.6) is 5.75 Å². The van der Waals surface area contributed by atoms with Gasteiger partial charge in [0.05, 0.1) is 0 Å². The second-order valence-corrected chi connectivity index (χ2v) is 5.03. The summed E-state index contributed by atoms with van der Waals surface area (Å²) in [5, 5.41) is 5.68. The van der Waals surface area contributed by atoms with Gasteiger partial charge in [-0.1, -0.05) is 18.3 Å². The molecule has 0 saturated heterocycles. The normalized spacial score (nSPS) is 14.3. The minimum atomic E-state index is -0.184. The Bertz CT molecular complexity index is 475. The number of nitrogens with one attached hydrogen (secondary N) is 2. The molecule has 1 aliphatic carbocycles. The fourth-order valence-electron chi connectivity index (χ4n) is 1.72. The molecular weight excluding hydrogens is 262 g/mol. The number of nitrogens with two attached hydrogens (primary N) is 1. The third-order valence-corrected chi connectivity index (χ3v) is 3.03. The molecule has 1 aliphatic rings. The number of anilines is 1. The van der Waals surface area contributed by atoms with Gasteiger partial charge in [0, 0.05) is 17.8 Å². The number of carbonyl (C=O) groups excluding carboxylic acids is 1. The van der Waals surface area contributed by atoms with Gasteiger partial charge in [0.25, 0.3) is 0 Å². The molecule has 0 heterocycles. The summed E-state index contributed by atoms with van der Waals surface area (Å²) < 4.78 is 5.37. The van der Waals surface area contributed by atoms with Crippen molar-refractivity contribution in [3.05, 3.63) is 24.3 Å². The number of ether oxygens (including phenoxy) is 1. The Kier molecular flexibility index (Phi) is 4.57. The number of benzene rings is 1. The topological polar surface area (TPSA) is 76.4 Å². The molecule has 0 unspecified atom stereocenters. The van der Waals surface area contributed by atoms with Gasteiger partial charge >= 0.3 is 6.03 Å². The van der Waals surface area contributed by atoms with Crippen molar-refractivity contribution in [2.45, 2.75) is 25.3 Å². The zero-order valence-electron chi connectivity index (χ0n) is 10.5. The molecule has 19 heavy (non-hydrogen) atoms. The van der Waals surface area contributed by atoms with Crippen molar-refractivity contribution in [2.75, 3.05) is 11.9 Å². The molecule has 0 radical (unpaired) electrons. The molecule has 1 aromatic rings. The number of amides is 2. The lowest BCUT2D eigenvalue weighted by Crippen LogP contribution is -2.41. The highest BCUT2D eigenvalue weighted by molar-refractivity contribution is 7.80. The molecule has 5 nitrogen and oxygen atoms in total. The summed E-state index contributed by atoms with van der Waals surface area (Å²) in [4.78, 5) is 12.0. The summed E-state index contributed by atoms with van der Waals surface area (Å²) in [6.45, 7) is 0.188. The largest absolute Gasteiger partial charge is 0.486 e. The van der Waals surface area contributed by atoms with Crippen LogP contribution >= 0.6 is 12.2 Å². The smallest absolute Gasteiger partial charge is 0.319 e. The average Bonchev–Trinajstić information content (AvgIpc) is 2.32. The van der Waals surface area contributed by atoms with Crippen LogP contribution in [0.1, 0.15) is 19.3 Å². The number of rotatable bonds is 5. The summed E-state index contributed by atoms with van der Waals surface area (Å²) in [6.07, 6.45) is 3.31. The van der Waals surface area contributed by atoms with E-state index in [0.29, 0.717) is 22.5 Å². The van der Waals surface area contributed by atoms with Gasteiger partial charge in [0.1, 0.15) is 17.3 Å². The van der Waals surface area contributed by atoms with Crippen molar-refractivity contribution < 1.29 is 9.53 Å². The maximum Gasteiger partial charge on any atom is 0.319 e. The van der Waals surface area contributed by atoms with Crippen molar-refractivity contribution >= 4 is 28.9 Å². The van der Waals surface area contributed by atoms with Gasteiger partial charge in [-0.05, 0) is 31.4 Å². The highest BCUT2D eigenvalue weighted by Gasteiger charge is 2.19. The minimum absolute atomic E-state index is 0.184. The van der Waals surface area contributed by atoms with Gasteiger partial charge in [0.15, 0.2) is 0 Å². The van der Waals surface area contributed by atoms with Crippen molar-refractivity contribution in [2.24, 2.45) is 5.73 Å². The maximum atomic E-state index is 11.7. The highest BCUT2D eigenvalue weighted by atomic mass is 32.1. The van der Waals surface area contributed by atoms with E-state index >= 15 is 0 Å².